The van der Waals surface area contributed by atoms with Crippen LogP contribution in [0.1, 0.15) is 41.1 Å². The van der Waals surface area contributed by atoms with Crippen molar-refractivity contribution in [3.63, 3.8) is 0 Å². The molecule has 1 N–H and O–H groups in total. The number of aliphatic carboxylic acids is 1. The first-order valence-corrected chi connectivity index (χ1v) is 9.06. The monoisotopic (exact) mass is 418 g/mol. The number of halogens is 3. The van der Waals surface area contributed by atoms with Gasteiger partial charge < -0.3 is 14.4 Å². The van der Waals surface area contributed by atoms with Gasteiger partial charge in [-0.05, 0) is 20.8 Å². The molecule has 29 heavy (non-hydrogen) atoms. The van der Waals surface area contributed by atoms with Crippen LogP contribution >= 0.6 is 0 Å². The fraction of sp³-hybridized carbons (Fsp3) is 0.611. The van der Waals surface area contributed by atoms with Crippen molar-refractivity contribution in [2.45, 2.75) is 52.5 Å². The largest absolute Gasteiger partial charge is 0.490 e. The summed E-state index contributed by atoms with van der Waals surface area (Å²) in [6, 6.07) is 0. The summed E-state index contributed by atoms with van der Waals surface area (Å²) in [4.78, 5) is 11.3. The number of carboxylic acid groups (broad SMARTS) is 1. The number of fused-ring (bicyclic) bond motifs is 1. The fourth-order valence-electron chi connectivity index (χ4n) is 3.20. The van der Waals surface area contributed by atoms with Crippen LogP contribution in [0.15, 0.2) is 10.7 Å². The number of methoxy groups -OCH3 is 1. The molecular formula is C18H25F3N4O4. The predicted molar refractivity (Wildman–Crippen MR) is 96.3 cm³/mol. The minimum atomic E-state index is -5.08. The standard InChI is InChI=1S/C16H24N4O2.C2HF3O2/c1-5-20-8-15-13(10-21-4)6-19(9-16(15)17-20)7-14-11(2)18-22-12(14)3;3-2(4,5)1(6)7/h8,13H,5-7,9-10H2,1-4H3;(H,6,7). The summed E-state index contributed by atoms with van der Waals surface area (Å²) in [5.41, 5.74) is 4.67. The average Bonchev–Trinajstić information content (AvgIpc) is 3.20. The molecule has 3 heterocycles. The second kappa shape index (κ2) is 9.40. The number of carboxylic acids is 1. The highest BCUT2D eigenvalue weighted by atomic mass is 19.4. The molecule has 1 aliphatic heterocycles. The Bertz CT molecular complexity index is 812. The molecule has 162 valence electrons. The van der Waals surface area contributed by atoms with E-state index >= 15 is 0 Å². The van der Waals surface area contributed by atoms with E-state index in [1.165, 1.54) is 16.8 Å². The fourth-order valence-corrected chi connectivity index (χ4v) is 3.20. The summed E-state index contributed by atoms with van der Waals surface area (Å²) in [5.74, 6) is -1.48. The number of nitrogens with zero attached hydrogens (tertiary/aromatic N) is 4. The number of aryl methyl sites for hydroxylation is 3. The molecule has 1 atom stereocenters. The number of aromatic nitrogens is 3. The van der Waals surface area contributed by atoms with E-state index in [1.807, 2.05) is 18.5 Å². The van der Waals surface area contributed by atoms with Gasteiger partial charge in [-0.2, -0.15) is 18.3 Å². The SMILES string of the molecule is CCn1cc2c(n1)CN(Cc1c(C)noc1C)CC2COC.O=C(O)C(F)(F)F. The van der Waals surface area contributed by atoms with E-state index in [1.54, 1.807) is 7.11 Å². The highest BCUT2D eigenvalue weighted by molar-refractivity contribution is 5.73. The van der Waals surface area contributed by atoms with Gasteiger partial charge in [0.05, 0.1) is 18.0 Å². The molecular weight excluding hydrogens is 393 g/mol. The summed E-state index contributed by atoms with van der Waals surface area (Å²) in [6.07, 6.45) is -2.91. The lowest BCUT2D eigenvalue weighted by Crippen LogP contribution is -2.34. The summed E-state index contributed by atoms with van der Waals surface area (Å²) in [6.45, 7) is 10.4. The molecule has 0 spiro atoms. The van der Waals surface area contributed by atoms with Crippen LogP contribution in [0.25, 0.3) is 0 Å². The molecule has 2 aromatic heterocycles. The molecule has 1 aliphatic rings. The Morgan fingerprint density at radius 3 is 2.55 bits per heavy atom. The third-order valence-electron chi connectivity index (χ3n) is 4.66. The molecule has 0 amide bonds. The second-order valence-electron chi connectivity index (χ2n) is 6.81. The van der Waals surface area contributed by atoms with Gasteiger partial charge >= 0.3 is 12.1 Å². The number of hydrogen-bond donors (Lipinski definition) is 1. The number of carbonyl (C=O) groups is 1. The zero-order chi connectivity index (χ0) is 21.8. The Morgan fingerprint density at radius 1 is 1.41 bits per heavy atom. The van der Waals surface area contributed by atoms with E-state index in [4.69, 9.17) is 24.3 Å². The first kappa shape index (κ1) is 22.9. The molecule has 0 saturated carbocycles. The quantitative estimate of drug-likeness (QED) is 0.798. The molecule has 8 nitrogen and oxygen atoms in total. The van der Waals surface area contributed by atoms with E-state index in [9.17, 15) is 13.2 Å². The van der Waals surface area contributed by atoms with Gasteiger partial charge in [0.1, 0.15) is 5.76 Å². The molecule has 3 rings (SSSR count). The van der Waals surface area contributed by atoms with Gasteiger partial charge in [-0.1, -0.05) is 5.16 Å². The van der Waals surface area contributed by atoms with Gasteiger partial charge in [0.25, 0.3) is 0 Å². The van der Waals surface area contributed by atoms with Gasteiger partial charge in [0.15, 0.2) is 0 Å². The molecule has 0 aliphatic carbocycles. The zero-order valence-electron chi connectivity index (χ0n) is 16.8. The van der Waals surface area contributed by atoms with Crippen molar-refractivity contribution in [3.8, 4) is 0 Å². The Kier molecular flexibility index (Phi) is 7.42. The Labute approximate surface area is 166 Å². The van der Waals surface area contributed by atoms with E-state index in [2.05, 4.69) is 23.2 Å². The highest BCUT2D eigenvalue weighted by Crippen LogP contribution is 2.29. The van der Waals surface area contributed by atoms with E-state index in [-0.39, 0.29) is 0 Å². The third kappa shape index (κ3) is 5.80. The van der Waals surface area contributed by atoms with Crippen LogP contribution in [0.3, 0.4) is 0 Å². The lowest BCUT2D eigenvalue weighted by molar-refractivity contribution is -0.192. The van der Waals surface area contributed by atoms with Crippen molar-refractivity contribution < 1.29 is 32.3 Å². The molecule has 0 saturated heterocycles. The molecule has 1 unspecified atom stereocenters. The number of hydrogen-bond acceptors (Lipinski definition) is 6. The van der Waals surface area contributed by atoms with Crippen LogP contribution in [0.5, 0.6) is 0 Å². The summed E-state index contributed by atoms with van der Waals surface area (Å²) in [5, 5.41) is 15.9. The smallest absolute Gasteiger partial charge is 0.475 e. The zero-order valence-corrected chi connectivity index (χ0v) is 16.8. The number of ether oxygens (including phenoxy) is 1. The average molecular weight is 418 g/mol. The van der Waals surface area contributed by atoms with Crippen molar-refractivity contribution >= 4 is 5.97 Å². The lowest BCUT2D eigenvalue weighted by atomic mass is 9.95. The maximum absolute atomic E-state index is 10.6. The van der Waals surface area contributed by atoms with Crippen LogP contribution in [0.4, 0.5) is 13.2 Å². The summed E-state index contributed by atoms with van der Waals surface area (Å²) < 4.78 is 44.5. The van der Waals surface area contributed by atoms with Gasteiger partial charge in [0.2, 0.25) is 0 Å². The normalized spacial score (nSPS) is 16.9. The van der Waals surface area contributed by atoms with E-state index in [0.717, 1.165) is 44.2 Å². The summed E-state index contributed by atoms with van der Waals surface area (Å²) >= 11 is 0. The van der Waals surface area contributed by atoms with Gasteiger partial charge in [0, 0.05) is 56.5 Å². The molecule has 0 bridgehead atoms. The Hall–Kier alpha value is -2.40. The molecule has 0 aromatic carbocycles. The van der Waals surface area contributed by atoms with Crippen LogP contribution in [0, 0.1) is 13.8 Å². The first-order valence-electron chi connectivity index (χ1n) is 9.06. The van der Waals surface area contributed by atoms with Crippen LogP contribution in [0.2, 0.25) is 0 Å². The van der Waals surface area contributed by atoms with Crippen molar-refractivity contribution in [1.29, 1.82) is 0 Å². The van der Waals surface area contributed by atoms with Crippen LogP contribution < -0.4 is 0 Å². The minimum Gasteiger partial charge on any atom is -0.475 e. The van der Waals surface area contributed by atoms with Gasteiger partial charge in [-0.3, -0.25) is 9.58 Å². The van der Waals surface area contributed by atoms with Crippen molar-refractivity contribution in [2.75, 3.05) is 20.3 Å². The van der Waals surface area contributed by atoms with E-state index in [0.29, 0.717) is 5.92 Å². The van der Waals surface area contributed by atoms with Crippen molar-refractivity contribution in [3.05, 3.63) is 34.5 Å². The predicted octanol–water partition coefficient (Wildman–Crippen LogP) is 2.89. The topological polar surface area (TPSA) is 93.6 Å². The second-order valence-corrected chi connectivity index (χ2v) is 6.81. The molecule has 0 fully saturated rings. The van der Waals surface area contributed by atoms with Gasteiger partial charge in [-0.15, -0.1) is 0 Å². The minimum absolute atomic E-state index is 0.370. The molecule has 0 radical (unpaired) electrons. The molecule has 11 heteroatoms. The van der Waals surface area contributed by atoms with Crippen molar-refractivity contribution in [2.24, 2.45) is 0 Å². The molecule has 2 aromatic rings. The van der Waals surface area contributed by atoms with E-state index < -0.39 is 12.1 Å². The maximum atomic E-state index is 10.6. The summed E-state index contributed by atoms with van der Waals surface area (Å²) in [7, 11) is 1.76. The van der Waals surface area contributed by atoms with Crippen LogP contribution in [-0.2, 0) is 29.2 Å². The lowest BCUT2D eigenvalue weighted by Gasteiger charge is -2.31. The van der Waals surface area contributed by atoms with Crippen LogP contribution in [-0.4, -0.2) is 57.4 Å². The first-order chi connectivity index (χ1) is 13.6. The van der Waals surface area contributed by atoms with Crippen molar-refractivity contribution in [1.82, 2.24) is 19.8 Å². The van der Waals surface area contributed by atoms with Gasteiger partial charge in [-0.25, -0.2) is 4.79 Å². The Balaban J connectivity index is 0.000000370. The maximum Gasteiger partial charge on any atom is 0.490 e. The Morgan fingerprint density at radius 2 is 2.07 bits per heavy atom. The number of rotatable bonds is 5. The highest BCUT2D eigenvalue weighted by Gasteiger charge is 2.38. The number of alkyl halides is 3. The third-order valence-corrected chi connectivity index (χ3v) is 4.66.